The number of amides is 2. The van der Waals surface area contributed by atoms with Crippen molar-refractivity contribution in [3.63, 3.8) is 0 Å². The van der Waals surface area contributed by atoms with Gasteiger partial charge in [-0.15, -0.1) is 0 Å². The summed E-state index contributed by atoms with van der Waals surface area (Å²) in [5, 5.41) is 14.3. The van der Waals surface area contributed by atoms with Crippen LogP contribution in [0.15, 0.2) is 23.7 Å². The van der Waals surface area contributed by atoms with Gasteiger partial charge in [-0.2, -0.15) is 5.10 Å². The van der Waals surface area contributed by atoms with E-state index in [1.54, 1.807) is 11.1 Å². The number of aliphatic hydroxyl groups excluding tert-OH is 1. The first-order chi connectivity index (χ1) is 11.7. The van der Waals surface area contributed by atoms with Gasteiger partial charge in [-0.05, 0) is 18.9 Å². The van der Waals surface area contributed by atoms with Crippen molar-refractivity contribution in [3.8, 4) is 0 Å². The van der Waals surface area contributed by atoms with Gasteiger partial charge in [0.05, 0.1) is 13.2 Å². The van der Waals surface area contributed by atoms with Crippen LogP contribution in [-0.4, -0.2) is 68.8 Å². The Balaban J connectivity index is 1.70. The molecule has 0 saturated carbocycles. The zero-order valence-electron chi connectivity index (χ0n) is 13.5. The molecule has 3 rings (SSSR count). The van der Waals surface area contributed by atoms with E-state index in [9.17, 15) is 9.59 Å². The van der Waals surface area contributed by atoms with E-state index in [0.29, 0.717) is 25.2 Å². The SMILES string of the molecule is O=C(C1=NN(CCO)C(=O)CC1)N1CCCC(c2ccncn2)C1. The number of hydrazone groups is 1. The van der Waals surface area contributed by atoms with Gasteiger partial charge in [-0.1, -0.05) is 0 Å². The van der Waals surface area contributed by atoms with Gasteiger partial charge in [-0.25, -0.2) is 15.0 Å². The number of carbonyl (C=O) groups excluding carboxylic acids is 2. The highest BCUT2D eigenvalue weighted by Crippen LogP contribution is 2.25. The topological polar surface area (TPSA) is 99.0 Å². The van der Waals surface area contributed by atoms with Crippen LogP contribution in [0.25, 0.3) is 0 Å². The fourth-order valence-corrected chi connectivity index (χ4v) is 3.15. The first-order valence-electron chi connectivity index (χ1n) is 8.23. The maximum atomic E-state index is 12.7. The molecule has 1 aromatic heterocycles. The van der Waals surface area contributed by atoms with Gasteiger partial charge in [0.25, 0.3) is 5.91 Å². The Morgan fingerprint density at radius 2 is 2.25 bits per heavy atom. The highest BCUT2D eigenvalue weighted by Gasteiger charge is 2.31. The van der Waals surface area contributed by atoms with Gasteiger partial charge in [0, 0.05) is 43.7 Å². The molecule has 3 heterocycles. The summed E-state index contributed by atoms with van der Waals surface area (Å²) < 4.78 is 0. The molecule has 2 aliphatic rings. The Morgan fingerprint density at radius 3 is 3.00 bits per heavy atom. The van der Waals surface area contributed by atoms with Crippen LogP contribution in [0.2, 0.25) is 0 Å². The summed E-state index contributed by atoms with van der Waals surface area (Å²) in [5.74, 6) is -0.0765. The standard InChI is InChI=1S/C16H21N5O3/c22-9-8-21-15(23)4-3-14(19-21)16(24)20-7-1-2-12(10-20)13-5-6-17-11-18-13/h5-6,11-12,22H,1-4,7-10H2. The third-order valence-corrected chi connectivity index (χ3v) is 4.40. The van der Waals surface area contributed by atoms with Crippen molar-refractivity contribution in [3.05, 3.63) is 24.3 Å². The zero-order valence-corrected chi connectivity index (χ0v) is 13.5. The number of piperidine rings is 1. The molecule has 2 amide bonds. The quantitative estimate of drug-likeness (QED) is 0.847. The summed E-state index contributed by atoms with van der Waals surface area (Å²) in [5.41, 5.74) is 1.34. The number of likely N-dealkylation sites (tertiary alicyclic amines) is 1. The van der Waals surface area contributed by atoms with Crippen molar-refractivity contribution >= 4 is 17.5 Å². The van der Waals surface area contributed by atoms with Gasteiger partial charge in [0.15, 0.2) is 0 Å². The van der Waals surface area contributed by atoms with E-state index in [4.69, 9.17) is 5.11 Å². The second-order valence-corrected chi connectivity index (χ2v) is 6.01. The predicted octanol–water partition coefficient (Wildman–Crippen LogP) is 0.153. The summed E-state index contributed by atoms with van der Waals surface area (Å²) >= 11 is 0. The summed E-state index contributed by atoms with van der Waals surface area (Å²) in [6.07, 6.45) is 5.75. The molecule has 1 saturated heterocycles. The number of rotatable bonds is 4. The van der Waals surface area contributed by atoms with E-state index in [2.05, 4.69) is 15.1 Å². The highest BCUT2D eigenvalue weighted by atomic mass is 16.3. The Kier molecular flexibility index (Phi) is 5.14. The third kappa shape index (κ3) is 3.59. The van der Waals surface area contributed by atoms with Gasteiger partial charge >= 0.3 is 0 Å². The van der Waals surface area contributed by atoms with Crippen LogP contribution in [0.4, 0.5) is 0 Å². The van der Waals surface area contributed by atoms with Crippen LogP contribution in [0, 0.1) is 0 Å². The van der Waals surface area contributed by atoms with Crippen LogP contribution in [0.3, 0.4) is 0 Å². The lowest BCUT2D eigenvalue weighted by molar-refractivity contribution is -0.132. The van der Waals surface area contributed by atoms with E-state index < -0.39 is 0 Å². The number of hydrogen-bond acceptors (Lipinski definition) is 6. The molecule has 128 valence electrons. The average molecular weight is 331 g/mol. The Morgan fingerprint density at radius 1 is 1.38 bits per heavy atom. The molecule has 24 heavy (non-hydrogen) atoms. The largest absolute Gasteiger partial charge is 0.394 e. The highest BCUT2D eigenvalue weighted by molar-refractivity contribution is 6.39. The average Bonchev–Trinajstić information content (AvgIpc) is 2.64. The molecule has 0 spiro atoms. The minimum Gasteiger partial charge on any atom is -0.394 e. The first-order valence-corrected chi connectivity index (χ1v) is 8.23. The number of aliphatic hydroxyl groups is 1. The normalized spacial score (nSPS) is 21.6. The first kappa shape index (κ1) is 16.5. The van der Waals surface area contributed by atoms with Crippen LogP contribution >= 0.6 is 0 Å². The maximum absolute atomic E-state index is 12.7. The van der Waals surface area contributed by atoms with Gasteiger partial charge in [-0.3, -0.25) is 9.59 Å². The fraction of sp³-hybridized carbons (Fsp3) is 0.562. The van der Waals surface area contributed by atoms with Crippen molar-refractivity contribution in [2.45, 2.75) is 31.6 Å². The summed E-state index contributed by atoms with van der Waals surface area (Å²) in [6.45, 7) is 1.24. The summed E-state index contributed by atoms with van der Waals surface area (Å²) in [6, 6.07) is 1.89. The Bertz CT molecular complexity index is 634. The molecule has 1 aromatic rings. The molecular weight excluding hydrogens is 310 g/mol. The maximum Gasteiger partial charge on any atom is 0.270 e. The molecular formula is C16H21N5O3. The van der Waals surface area contributed by atoms with Crippen LogP contribution in [0.5, 0.6) is 0 Å². The summed E-state index contributed by atoms with van der Waals surface area (Å²) in [7, 11) is 0. The molecule has 0 aliphatic carbocycles. The van der Waals surface area contributed by atoms with Crippen molar-refractivity contribution in [1.29, 1.82) is 0 Å². The number of hydrogen-bond donors (Lipinski definition) is 1. The molecule has 1 unspecified atom stereocenters. The molecule has 0 aromatic carbocycles. The molecule has 0 radical (unpaired) electrons. The van der Waals surface area contributed by atoms with Crippen LogP contribution in [-0.2, 0) is 9.59 Å². The summed E-state index contributed by atoms with van der Waals surface area (Å²) in [4.78, 5) is 34.5. The van der Waals surface area contributed by atoms with E-state index in [1.807, 2.05) is 6.07 Å². The molecule has 2 aliphatic heterocycles. The van der Waals surface area contributed by atoms with Crippen molar-refractivity contribution < 1.29 is 14.7 Å². The second-order valence-electron chi connectivity index (χ2n) is 6.01. The number of aromatic nitrogens is 2. The minimum atomic E-state index is -0.170. The van der Waals surface area contributed by atoms with Crippen molar-refractivity contribution in [1.82, 2.24) is 19.9 Å². The lowest BCUT2D eigenvalue weighted by Crippen LogP contribution is -2.45. The van der Waals surface area contributed by atoms with E-state index in [1.165, 1.54) is 11.3 Å². The number of β-amino-alcohol motifs (C(OH)–C–C–N with tert-alkyl or cyclic N) is 1. The molecule has 1 fully saturated rings. The fourth-order valence-electron chi connectivity index (χ4n) is 3.15. The lowest BCUT2D eigenvalue weighted by atomic mass is 9.94. The smallest absolute Gasteiger partial charge is 0.270 e. The van der Waals surface area contributed by atoms with E-state index in [-0.39, 0.29) is 37.3 Å². The van der Waals surface area contributed by atoms with Crippen LogP contribution in [0.1, 0.15) is 37.3 Å². The van der Waals surface area contributed by atoms with Gasteiger partial charge < -0.3 is 10.0 Å². The third-order valence-electron chi connectivity index (χ3n) is 4.40. The molecule has 8 nitrogen and oxygen atoms in total. The van der Waals surface area contributed by atoms with Crippen molar-refractivity contribution in [2.75, 3.05) is 26.2 Å². The number of nitrogens with zero attached hydrogens (tertiary/aromatic N) is 5. The second kappa shape index (κ2) is 7.48. The zero-order chi connectivity index (χ0) is 16.9. The lowest BCUT2D eigenvalue weighted by Gasteiger charge is -2.33. The molecule has 0 bridgehead atoms. The van der Waals surface area contributed by atoms with Crippen molar-refractivity contribution in [2.24, 2.45) is 5.10 Å². The van der Waals surface area contributed by atoms with E-state index >= 15 is 0 Å². The molecule has 1 atom stereocenters. The van der Waals surface area contributed by atoms with E-state index in [0.717, 1.165) is 18.5 Å². The van der Waals surface area contributed by atoms with Gasteiger partial charge in [0.1, 0.15) is 12.0 Å². The molecule has 8 heteroatoms. The molecule has 1 N–H and O–H groups in total. The number of carbonyl (C=O) groups is 2. The van der Waals surface area contributed by atoms with Crippen LogP contribution < -0.4 is 0 Å². The Labute approximate surface area is 140 Å². The minimum absolute atomic E-state index is 0.121. The monoisotopic (exact) mass is 331 g/mol. The Hall–Kier alpha value is -2.35. The predicted molar refractivity (Wildman–Crippen MR) is 86.1 cm³/mol. The van der Waals surface area contributed by atoms with Gasteiger partial charge in [0.2, 0.25) is 5.91 Å².